The zero-order chi connectivity index (χ0) is 13.1. The number of ether oxygens (including phenoxy) is 1. The lowest BCUT2D eigenvalue weighted by atomic mass is 10.1. The highest BCUT2D eigenvalue weighted by Gasteiger charge is 2.07. The molecule has 0 radical (unpaired) electrons. The predicted molar refractivity (Wildman–Crippen MR) is 71.1 cm³/mol. The van der Waals surface area contributed by atoms with E-state index in [0.29, 0.717) is 13.0 Å². The Balaban J connectivity index is 3.58. The summed E-state index contributed by atoms with van der Waals surface area (Å²) in [4.78, 5) is 13.8. The van der Waals surface area contributed by atoms with Gasteiger partial charge in [-0.25, -0.2) is 0 Å². The van der Waals surface area contributed by atoms with Crippen LogP contribution in [0.4, 0.5) is 0 Å². The maximum absolute atomic E-state index is 11.4. The summed E-state index contributed by atoms with van der Waals surface area (Å²) in [5, 5.41) is 2.99. The SMILES string of the molecule is CCN(CC)CCC[C@@H](C)NC(=O)CCOC. The monoisotopic (exact) mass is 244 g/mol. The van der Waals surface area contributed by atoms with Crippen molar-refractivity contribution in [3.8, 4) is 0 Å². The Morgan fingerprint density at radius 1 is 1.35 bits per heavy atom. The lowest BCUT2D eigenvalue weighted by molar-refractivity contribution is -0.122. The average molecular weight is 244 g/mol. The number of hydrogen-bond donors (Lipinski definition) is 1. The van der Waals surface area contributed by atoms with Crippen LogP contribution in [-0.2, 0) is 9.53 Å². The molecule has 0 unspecified atom stereocenters. The van der Waals surface area contributed by atoms with Gasteiger partial charge in [-0.3, -0.25) is 4.79 Å². The van der Waals surface area contributed by atoms with E-state index in [-0.39, 0.29) is 11.9 Å². The summed E-state index contributed by atoms with van der Waals surface area (Å²) in [6.07, 6.45) is 2.62. The maximum Gasteiger partial charge on any atom is 0.222 e. The Morgan fingerprint density at radius 3 is 2.53 bits per heavy atom. The van der Waals surface area contributed by atoms with E-state index in [0.717, 1.165) is 32.5 Å². The summed E-state index contributed by atoms with van der Waals surface area (Å²) in [6.45, 7) is 10.2. The average Bonchev–Trinajstić information content (AvgIpc) is 2.32. The molecular weight excluding hydrogens is 216 g/mol. The molecule has 1 amide bonds. The van der Waals surface area contributed by atoms with Crippen LogP contribution in [0, 0.1) is 0 Å². The van der Waals surface area contributed by atoms with E-state index < -0.39 is 0 Å². The molecule has 0 rings (SSSR count). The van der Waals surface area contributed by atoms with Crippen molar-refractivity contribution in [1.29, 1.82) is 0 Å². The normalized spacial score (nSPS) is 12.8. The van der Waals surface area contributed by atoms with Gasteiger partial charge in [0.25, 0.3) is 0 Å². The van der Waals surface area contributed by atoms with Gasteiger partial charge in [0, 0.05) is 19.6 Å². The number of amides is 1. The third-order valence-corrected chi connectivity index (χ3v) is 2.95. The Labute approximate surface area is 106 Å². The molecule has 0 aliphatic heterocycles. The van der Waals surface area contributed by atoms with Crippen molar-refractivity contribution in [1.82, 2.24) is 10.2 Å². The molecule has 0 aromatic carbocycles. The highest BCUT2D eigenvalue weighted by Crippen LogP contribution is 2.00. The van der Waals surface area contributed by atoms with E-state index in [9.17, 15) is 4.79 Å². The molecule has 102 valence electrons. The first-order valence-corrected chi connectivity index (χ1v) is 6.64. The van der Waals surface area contributed by atoms with Gasteiger partial charge in [0.05, 0.1) is 6.61 Å². The second-order valence-electron chi connectivity index (χ2n) is 4.38. The van der Waals surface area contributed by atoms with Gasteiger partial charge in [-0.05, 0) is 39.4 Å². The quantitative estimate of drug-likeness (QED) is 0.635. The number of rotatable bonds is 10. The zero-order valence-corrected chi connectivity index (χ0v) is 11.8. The Kier molecular flexibility index (Phi) is 10.2. The molecule has 0 spiro atoms. The molecule has 0 saturated carbocycles. The van der Waals surface area contributed by atoms with Crippen molar-refractivity contribution in [2.24, 2.45) is 0 Å². The highest BCUT2D eigenvalue weighted by molar-refractivity contribution is 5.76. The van der Waals surface area contributed by atoms with Crippen LogP contribution in [0.3, 0.4) is 0 Å². The fourth-order valence-corrected chi connectivity index (χ4v) is 1.77. The molecule has 4 nitrogen and oxygen atoms in total. The summed E-state index contributed by atoms with van der Waals surface area (Å²) in [6, 6.07) is 0.259. The first-order chi connectivity index (χ1) is 8.13. The van der Waals surface area contributed by atoms with Gasteiger partial charge in [0.1, 0.15) is 0 Å². The molecule has 0 aliphatic rings. The van der Waals surface area contributed by atoms with Crippen LogP contribution < -0.4 is 5.32 Å². The van der Waals surface area contributed by atoms with Crippen LogP contribution >= 0.6 is 0 Å². The summed E-state index contributed by atoms with van der Waals surface area (Å²) >= 11 is 0. The van der Waals surface area contributed by atoms with E-state index in [4.69, 9.17) is 4.74 Å². The molecule has 1 N–H and O–H groups in total. The van der Waals surface area contributed by atoms with E-state index in [1.54, 1.807) is 7.11 Å². The highest BCUT2D eigenvalue weighted by atomic mass is 16.5. The van der Waals surface area contributed by atoms with Crippen LogP contribution in [0.15, 0.2) is 0 Å². The number of methoxy groups -OCH3 is 1. The van der Waals surface area contributed by atoms with Gasteiger partial charge in [0.2, 0.25) is 5.91 Å². The smallest absolute Gasteiger partial charge is 0.222 e. The molecule has 4 heteroatoms. The van der Waals surface area contributed by atoms with Crippen LogP contribution in [0.2, 0.25) is 0 Å². The van der Waals surface area contributed by atoms with Crippen molar-refractivity contribution in [2.75, 3.05) is 33.4 Å². The van der Waals surface area contributed by atoms with E-state index in [2.05, 4.69) is 31.0 Å². The minimum absolute atomic E-state index is 0.0854. The van der Waals surface area contributed by atoms with Crippen molar-refractivity contribution < 1.29 is 9.53 Å². The number of hydrogen-bond acceptors (Lipinski definition) is 3. The molecular formula is C13H28N2O2. The number of carbonyl (C=O) groups excluding carboxylic acids is 1. The molecule has 0 aromatic rings. The Hall–Kier alpha value is -0.610. The van der Waals surface area contributed by atoms with Crippen LogP contribution in [0.25, 0.3) is 0 Å². The molecule has 0 aromatic heterocycles. The van der Waals surface area contributed by atoms with Gasteiger partial charge >= 0.3 is 0 Å². The fourth-order valence-electron chi connectivity index (χ4n) is 1.77. The Bertz CT molecular complexity index is 194. The summed E-state index contributed by atoms with van der Waals surface area (Å²) < 4.78 is 4.87. The number of nitrogens with zero attached hydrogens (tertiary/aromatic N) is 1. The lowest BCUT2D eigenvalue weighted by Crippen LogP contribution is -2.34. The third kappa shape index (κ3) is 9.12. The molecule has 0 saturated heterocycles. The maximum atomic E-state index is 11.4. The van der Waals surface area contributed by atoms with Crippen molar-refractivity contribution in [2.45, 2.75) is 46.1 Å². The second kappa shape index (κ2) is 10.5. The van der Waals surface area contributed by atoms with Crippen LogP contribution in [0.5, 0.6) is 0 Å². The van der Waals surface area contributed by atoms with Gasteiger partial charge < -0.3 is 15.0 Å². The molecule has 0 aliphatic carbocycles. The summed E-state index contributed by atoms with van der Waals surface area (Å²) in [7, 11) is 1.61. The van der Waals surface area contributed by atoms with Crippen molar-refractivity contribution in [3.05, 3.63) is 0 Å². The minimum Gasteiger partial charge on any atom is -0.384 e. The number of carbonyl (C=O) groups is 1. The van der Waals surface area contributed by atoms with Crippen molar-refractivity contribution in [3.63, 3.8) is 0 Å². The molecule has 0 bridgehead atoms. The van der Waals surface area contributed by atoms with Gasteiger partial charge in [-0.15, -0.1) is 0 Å². The largest absolute Gasteiger partial charge is 0.384 e. The van der Waals surface area contributed by atoms with Gasteiger partial charge in [-0.1, -0.05) is 13.8 Å². The zero-order valence-electron chi connectivity index (χ0n) is 11.8. The minimum atomic E-state index is 0.0854. The molecule has 1 atom stereocenters. The van der Waals surface area contributed by atoms with Gasteiger partial charge in [0.15, 0.2) is 0 Å². The van der Waals surface area contributed by atoms with E-state index >= 15 is 0 Å². The summed E-state index contributed by atoms with van der Waals surface area (Å²) in [5.74, 6) is 0.0854. The number of nitrogens with one attached hydrogen (secondary N) is 1. The molecule has 0 fully saturated rings. The topological polar surface area (TPSA) is 41.6 Å². The summed E-state index contributed by atoms with van der Waals surface area (Å²) in [5.41, 5.74) is 0. The third-order valence-electron chi connectivity index (χ3n) is 2.95. The Morgan fingerprint density at radius 2 is 2.00 bits per heavy atom. The first kappa shape index (κ1) is 16.4. The first-order valence-electron chi connectivity index (χ1n) is 6.64. The second-order valence-corrected chi connectivity index (χ2v) is 4.38. The predicted octanol–water partition coefficient (Wildman–Crippen LogP) is 1.65. The molecule has 17 heavy (non-hydrogen) atoms. The van der Waals surface area contributed by atoms with E-state index in [1.165, 1.54) is 0 Å². The van der Waals surface area contributed by atoms with Crippen LogP contribution in [-0.4, -0.2) is 50.2 Å². The van der Waals surface area contributed by atoms with E-state index in [1.807, 2.05) is 0 Å². The lowest BCUT2D eigenvalue weighted by Gasteiger charge is -2.19. The fraction of sp³-hybridized carbons (Fsp3) is 0.923. The standard InChI is InChI=1S/C13H28N2O2/c1-5-15(6-2)10-7-8-12(3)14-13(16)9-11-17-4/h12H,5-11H2,1-4H3,(H,14,16)/t12-/m1/s1. The van der Waals surface area contributed by atoms with Crippen molar-refractivity contribution >= 4 is 5.91 Å². The van der Waals surface area contributed by atoms with Crippen LogP contribution in [0.1, 0.15) is 40.0 Å². The van der Waals surface area contributed by atoms with Gasteiger partial charge in [-0.2, -0.15) is 0 Å². The molecule has 0 heterocycles.